The van der Waals surface area contributed by atoms with E-state index in [0.29, 0.717) is 0 Å². The number of hydrogen-bond donors (Lipinski definition) is 1. The molecule has 12 heavy (non-hydrogen) atoms. The van der Waals surface area contributed by atoms with Crippen LogP contribution in [-0.2, 0) is 10.1 Å². The van der Waals surface area contributed by atoms with E-state index in [2.05, 4.69) is 0 Å². The predicted molar refractivity (Wildman–Crippen MR) is 54.7 cm³/mol. The average molecular weight is 307 g/mol. The molecule has 1 radical (unpaired) electrons. The molecule has 1 aromatic carbocycles. The van der Waals surface area contributed by atoms with E-state index in [1.807, 2.05) is 22.6 Å². The molecule has 3 nitrogen and oxygen atoms in total. The molecule has 1 N–H and O–H groups in total. The van der Waals surface area contributed by atoms with Crippen molar-refractivity contribution in [2.24, 2.45) is 0 Å². The Morgan fingerprint density at radius 1 is 1.33 bits per heavy atom. The summed E-state index contributed by atoms with van der Waals surface area (Å²) >= 11 is 1.97. The maximum Gasteiger partial charge on any atom is 0.294 e. The van der Waals surface area contributed by atoms with Gasteiger partial charge in [0.15, 0.2) is 0 Å². The molecular weight excluding hydrogens is 302 g/mol. The van der Waals surface area contributed by atoms with Gasteiger partial charge in [-0.1, -0.05) is 6.07 Å². The van der Waals surface area contributed by atoms with Crippen LogP contribution in [0.25, 0.3) is 0 Å². The Morgan fingerprint density at radius 3 is 2.25 bits per heavy atom. The van der Waals surface area contributed by atoms with Crippen LogP contribution in [0, 0.1) is 3.57 Å². The van der Waals surface area contributed by atoms with E-state index in [9.17, 15) is 8.42 Å². The van der Waals surface area contributed by atoms with E-state index < -0.39 is 10.1 Å². The summed E-state index contributed by atoms with van der Waals surface area (Å²) in [4.78, 5) is -0.0654. The van der Waals surface area contributed by atoms with Crippen molar-refractivity contribution in [3.05, 3.63) is 27.8 Å². The summed E-state index contributed by atoms with van der Waals surface area (Å²) in [6.45, 7) is 0. The zero-order valence-electron chi connectivity index (χ0n) is 6.36. The van der Waals surface area contributed by atoms with Crippen molar-refractivity contribution in [1.82, 2.24) is 0 Å². The van der Waals surface area contributed by atoms with Crippen LogP contribution in [0.2, 0.25) is 0 Å². The van der Waals surface area contributed by atoms with Crippen molar-refractivity contribution in [3.8, 4) is 0 Å². The molecule has 0 bridgehead atoms. The minimum Gasteiger partial charge on any atom is -0.282 e. The van der Waals surface area contributed by atoms with Crippen LogP contribution >= 0.6 is 22.6 Å². The maximum atomic E-state index is 10.5. The van der Waals surface area contributed by atoms with Gasteiger partial charge in [-0.25, -0.2) is 0 Å². The fraction of sp³-hybridized carbons (Fsp3) is 0. The summed E-state index contributed by atoms with van der Waals surface area (Å²) in [5.41, 5.74) is 0. The van der Waals surface area contributed by atoms with E-state index >= 15 is 0 Å². The number of rotatable bonds is 1. The minimum atomic E-state index is -4.03. The molecule has 0 unspecified atom stereocenters. The quantitative estimate of drug-likeness (QED) is 0.481. The second kappa shape index (κ2) is 4.92. The Morgan fingerprint density at radius 2 is 1.92 bits per heavy atom. The van der Waals surface area contributed by atoms with Crippen molar-refractivity contribution in [2.75, 3.05) is 0 Å². The minimum absolute atomic E-state index is 0. The molecular formula is C6H5INaO3S. The molecule has 0 aliphatic carbocycles. The smallest absolute Gasteiger partial charge is 0.282 e. The number of halogens is 1. The molecule has 0 heterocycles. The molecule has 0 spiro atoms. The van der Waals surface area contributed by atoms with Crippen molar-refractivity contribution in [2.45, 2.75) is 4.90 Å². The van der Waals surface area contributed by atoms with Crippen LogP contribution in [-0.4, -0.2) is 42.5 Å². The van der Waals surface area contributed by atoms with Crippen molar-refractivity contribution < 1.29 is 13.0 Å². The van der Waals surface area contributed by atoms with Crippen LogP contribution in [0.15, 0.2) is 29.2 Å². The summed E-state index contributed by atoms with van der Waals surface area (Å²) in [5.74, 6) is 0. The van der Waals surface area contributed by atoms with E-state index in [4.69, 9.17) is 4.55 Å². The Balaban J connectivity index is 0.00000121. The molecule has 0 aliphatic heterocycles. The SMILES string of the molecule is O=S(=O)(O)c1cccc(I)c1.[Na]. The summed E-state index contributed by atoms with van der Waals surface area (Å²) in [6.07, 6.45) is 0. The van der Waals surface area contributed by atoms with Gasteiger partial charge in [-0.2, -0.15) is 8.42 Å². The molecule has 0 saturated carbocycles. The fourth-order valence-corrected chi connectivity index (χ4v) is 1.91. The molecule has 0 aliphatic rings. The van der Waals surface area contributed by atoms with Gasteiger partial charge >= 0.3 is 0 Å². The third kappa shape index (κ3) is 3.71. The first-order chi connectivity index (χ1) is 5.00. The molecule has 0 fully saturated rings. The molecule has 0 saturated heterocycles. The third-order valence-electron chi connectivity index (χ3n) is 1.09. The maximum absolute atomic E-state index is 10.5. The van der Waals surface area contributed by atoms with Gasteiger partial charge in [0.05, 0.1) is 4.90 Å². The Bertz CT molecular complexity index is 363. The molecule has 0 amide bonds. The van der Waals surface area contributed by atoms with E-state index in [1.54, 1.807) is 12.1 Å². The van der Waals surface area contributed by atoms with E-state index in [-0.39, 0.29) is 34.5 Å². The van der Waals surface area contributed by atoms with Crippen LogP contribution in [0.3, 0.4) is 0 Å². The topological polar surface area (TPSA) is 54.4 Å². The Labute approximate surface area is 107 Å². The third-order valence-corrected chi connectivity index (χ3v) is 2.61. The summed E-state index contributed by atoms with van der Waals surface area (Å²) in [7, 11) is -4.03. The summed E-state index contributed by atoms with van der Waals surface area (Å²) in [5, 5.41) is 0. The average Bonchev–Trinajstić information content (AvgIpc) is 1.86. The van der Waals surface area contributed by atoms with Crippen molar-refractivity contribution in [1.29, 1.82) is 0 Å². The van der Waals surface area contributed by atoms with E-state index in [0.717, 1.165) is 3.57 Å². The van der Waals surface area contributed by atoms with Gasteiger partial charge < -0.3 is 0 Å². The largest absolute Gasteiger partial charge is 0.294 e. The van der Waals surface area contributed by atoms with Gasteiger partial charge in [0.1, 0.15) is 0 Å². The zero-order valence-corrected chi connectivity index (χ0v) is 11.3. The first kappa shape index (κ1) is 12.9. The van der Waals surface area contributed by atoms with Crippen molar-refractivity contribution in [3.63, 3.8) is 0 Å². The number of benzene rings is 1. The van der Waals surface area contributed by atoms with Crippen LogP contribution in [0.1, 0.15) is 0 Å². The van der Waals surface area contributed by atoms with Gasteiger partial charge in [0.2, 0.25) is 0 Å². The van der Waals surface area contributed by atoms with Gasteiger partial charge in [-0.05, 0) is 40.8 Å². The van der Waals surface area contributed by atoms with Crippen LogP contribution in [0.4, 0.5) is 0 Å². The zero-order chi connectivity index (χ0) is 8.48. The molecule has 0 aromatic heterocycles. The molecule has 61 valence electrons. The molecule has 1 rings (SSSR count). The fourth-order valence-electron chi connectivity index (χ4n) is 0.627. The van der Waals surface area contributed by atoms with Crippen molar-refractivity contribution >= 4 is 62.3 Å². The van der Waals surface area contributed by atoms with E-state index in [1.165, 1.54) is 12.1 Å². The molecule has 0 atom stereocenters. The molecule has 6 heteroatoms. The first-order valence-electron chi connectivity index (χ1n) is 2.73. The second-order valence-electron chi connectivity index (χ2n) is 1.93. The summed E-state index contributed by atoms with van der Waals surface area (Å²) < 4.78 is 30.4. The summed E-state index contributed by atoms with van der Waals surface area (Å²) in [6, 6.07) is 6.06. The van der Waals surface area contributed by atoms with Gasteiger partial charge in [0, 0.05) is 33.1 Å². The molecule has 1 aromatic rings. The number of hydrogen-bond acceptors (Lipinski definition) is 2. The predicted octanol–water partition coefficient (Wildman–Crippen LogP) is 1.16. The van der Waals surface area contributed by atoms with Crippen LogP contribution < -0.4 is 0 Å². The Hall–Kier alpha value is 0.860. The van der Waals surface area contributed by atoms with Gasteiger partial charge in [-0.15, -0.1) is 0 Å². The standard InChI is InChI=1S/C6H5IO3S.Na/c7-5-2-1-3-6(4-5)11(8,9)10;/h1-4H,(H,8,9,10);. The van der Waals surface area contributed by atoms with Crippen LogP contribution in [0.5, 0.6) is 0 Å². The van der Waals surface area contributed by atoms with Gasteiger partial charge in [-0.3, -0.25) is 4.55 Å². The van der Waals surface area contributed by atoms with Gasteiger partial charge in [0.25, 0.3) is 10.1 Å². The monoisotopic (exact) mass is 307 g/mol. The normalized spacial score (nSPS) is 10.5. The first-order valence-corrected chi connectivity index (χ1v) is 5.25. The second-order valence-corrected chi connectivity index (χ2v) is 4.60. The Kier molecular flexibility index (Phi) is 5.27.